The summed E-state index contributed by atoms with van der Waals surface area (Å²) in [6.45, 7) is 0.503. The van der Waals surface area contributed by atoms with Gasteiger partial charge in [-0.05, 0) is 36.2 Å². The van der Waals surface area contributed by atoms with E-state index in [1.54, 1.807) is 12.4 Å². The molecule has 0 aromatic carbocycles. The zero-order valence-corrected chi connectivity index (χ0v) is 11.6. The molecule has 0 atom stereocenters. The second-order valence-corrected chi connectivity index (χ2v) is 4.29. The monoisotopic (exact) mass is 285 g/mol. The number of pyridine rings is 2. The van der Waals surface area contributed by atoms with Gasteiger partial charge in [0.15, 0.2) is 0 Å². The molecule has 0 fully saturated rings. The molecule has 0 bridgehead atoms. The van der Waals surface area contributed by atoms with Crippen molar-refractivity contribution in [3.8, 4) is 0 Å². The highest BCUT2D eigenvalue weighted by atomic mass is 16.5. The molecule has 0 radical (unpaired) electrons. The Morgan fingerprint density at radius 3 is 2.57 bits per heavy atom. The zero-order valence-electron chi connectivity index (χ0n) is 11.6. The van der Waals surface area contributed by atoms with E-state index in [-0.39, 0.29) is 11.6 Å². The quantitative estimate of drug-likeness (QED) is 0.836. The van der Waals surface area contributed by atoms with Crippen molar-refractivity contribution in [3.05, 3.63) is 59.7 Å². The minimum Gasteiger partial charge on any atom is -0.465 e. The van der Waals surface area contributed by atoms with Crippen LogP contribution in [0.4, 0.5) is 0 Å². The van der Waals surface area contributed by atoms with E-state index in [1.165, 1.54) is 25.4 Å². The van der Waals surface area contributed by atoms with Gasteiger partial charge >= 0.3 is 5.97 Å². The lowest BCUT2D eigenvalue weighted by atomic mass is 10.2. The van der Waals surface area contributed by atoms with Crippen LogP contribution in [0, 0.1) is 0 Å². The maximum Gasteiger partial charge on any atom is 0.339 e. The van der Waals surface area contributed by atoms with Crippen LogP contribution in [0.5, 0.6) is 0 Å². The summed E-state index contributed by atoms with van der Waals surface area (Å²) in [6.07, 6.45) is 5.46. The first-order valence-electron chi connectivity index (χ1n) is 6.42. The molecule has 0 aliphatic rings. The van der Waals surface area contributed by atoms with Crippen LogP contribution < -0.4 is 5.32 Å². The third-order valence-electron chi connectivity index (χ3n) is 2.87. The van der Waals surface area contributed by atoms with E-state index in [0.717, 1.165) is 5.56 Å². The maximum atomic E-state index is 11.9. The summed E-state index contributed by atoms with van der Waals surface area (Å²) in [4.78, 5) is 31.0. The highest BCUT2D eigenvalue weighted by Gasteiger charge is 2.09. The molecule has 1 N–H and O–H groups in total. The Kier molecular flexibility index (Phi) is 4.98. The van der Waals surface area contributed by atoms with Crippen molar-refractivity contribution in [3.63, 3.8) is 0 Å². The number of nitrogens with one attached hydrogen (secondary N) is 1. The van der Waals surface area contributed by atoms with Gasteiger partial charge in [-0.1, -0.05) is 0 Å². The second kappa shape index (κ2) is 7.14. The molecule has 0 unspecified atom stereocenters. The number of rotatable bonds is 5. The predicted octanol–water partition coefficient (Wildman–Crippen LogP) is 1.24. The summed E-state index contributed by atoms with van der Waals surface area (Å²) < 4.78 is 4.57. The van der Waals surface area contributed by atoms with Crippen molar-refractivity contribution in [2.75, 3.05) is 13.7 Å². The molecule has 0 aliphatic carbocycles. The highest BCUT2D eigenvalue weighted by molar-refractivity contribution is 5.94. The average molecular weight is 285 g/mol. The van der Waals surface area contributed by atoms with Crippen molar-refractivity contribution >= 4 is 11.9 Å². The number of amides is 1. The summed E-state index contributed by atoms with van der Waals surface area (Å²) in [5, 5.41) is 2.77. The molecule has 0 aliphatic heterocycles. The number of carbonyl (C=O) groups excluding carboxylic acids is 2. The van der Waals surface area contributed by atoms with Gasteiger partial charge in [-0.2, -0.15) is 0 Å². The van der Waals surface area contributed by atoms with Crippen LogP contribution in [-0.2, 0) is 11.2 Å². The first-order chi connectivity index (χ1) is 10.2. The highest BCUT2D eigenvalue weighted by Crippen LogP contribution is 2.02. The molecule has 0 saturated heterocycles. The Labute approximate surface area is 122 Å². The molecule has 1 amide bonds. The van der Waals surface area contributed by atoms with Gasteiger partial charge in [-0.15, -0.1) is 0 Å². The van der Waals surface area contributed by atoms with Gasteiger partial charge in [0.1, 0.15) is 5.69 Å². The third kappa shape index (κ3) is 4.10. The normalized spacial score (nSPS) is 9.95. The minimum atomic E-state index is -0.479. The summed E-state index contributed by atoms with van der Waals surface area (Å²) in [5.74, 6) is -0.757. The van der Waals surface area contributed by atoms with E-state index in [2.05, 4.69) is 20.0 Å². The molecule has 108 valence electrons. The number of hydrogen-bond acceptors (Lipinski definition) is 5. The van der Waals surface area contributed by atoms with Gasteiger partial charge in [0, 0.05) is 25.1 Å². The van der Waals surface area contributed by atoms with Gasteiger partial charge in [-0.3, -0.25) is 14.8 Å². The molecule has 0 spiro atoms. The van der Waals surface area contributed by atoms with Crippen LogP contribution in [0.2, 0.25) is 0 Å². The van der Waals surface area contributed by atoms with Crippen LogP contribution in [0.3, 0.4) is 0 Å². The molecular formula is C15H15N3O3. The number of aromatic nitrogens is 2. The average Bonchev–Trinajstić information content (AvgIpc) is 2.55. The van der Waals surface area contributed by atoms with Crippen LogP contribution in [0.1, 0.15) is 26.4 Å². The molecule has 2 aromatic rings. The van der Waals surface area contributed by atoms with E-state index < -0.39 is 5.97 Å². The molecule has 0 saturated carbocycles. The van der Waals surface area contributed by atoms with E-state index in [4.69, 9.17) is 0 Å². The van der Waals surface area contributed by atoms with E-state index >= 15 is 0 Å². The van der Waals surface area contributed by atoms with Crippen molar-refractivity contribution in [2.45, 2.75) is 6.42 Å². The lowest BCUT2D eigenvalue weighted by Crippen LogP contribution is -2.26. The number of methoxy groups -OCH3 is 1. The van der Waals surface area contributed by atoms with Gasteiger partial charge in [0.05, 0.1) is 12.7 Å². The van der Waals surface area contributed by atoms with E-state index in [1.807, 2.05) is 12.1 Å². The topological polar surface area (TPSA) is 81.2 Å². The smallest absolute Gasteiger partial charge is 0.339 e. The Hall–Kier alpha value is -2.76. The SMILES string of the molecule is COC(=O)c1ccc(C(=O)NCCc2ccncc2)nc1. The summed E-state index contributed by atoms with van der Waals surface area (Å²) in [6, 6.07) is 6.80. The van der Waals surface area contributed by atoms with E-state index in [0.29, 0.717) is 18.5 Å². The van der Waals surface area contributed by atoms with Crippen molar-refractivity contribution < 1.29 is 14.3 Å². The number of carbonyl (C=O) groups is 2. The molecule has 2 aromatic heterocycles. The second-order valence-electron chi connectivity index (χ2n) is 4.29. The van der Waals surface area contributed by atoms with Crippen LogP contribution >= 0.6 is 0 Å². The summed E-state index contributed by atoms with van der Waals surface area (Å²) in [7, 11) is 1.29. The molecule has 6 heteroatoms. The largest absolute Gasteiger partial charge is 0.465 e. The zero-order chi connectivity index (χ0) is 15.1. The first-order valence-corrected chi connectivity index (χ1v) is 6.42. The molecule has 6 nitrogen and oxygen atoms in total. The Balaban J connectivity index is 1.87. The first kappa shape index (κ1) is 14.6. The van der Waals surface area contributed by atoms with Crippen LogP contribution in [0.25, 0.3) is 0 Å². The fourth-order valence-corrected chi connectivity index (χ4v) is 1.73. The Morgan fingerprint density at radius 2 is 1.95 bits per heavy atom. The van der Waals surface area contributed by atoms with Gasteiger partial charge in [0.25, 0.3) is 5.91 Å². The van der Waals surface area contributed by atoms with Crippen LogP contribution in [-0.4, -0.2) is 35.5 Å². The number of ether oxygens (including phenoxy) is 1. The van der Waals surface area contributed by atoms with Crippen molar-refractivity contribution in [1.82, 2.24) is 15.3 Å². The molecule has 21 heavy (non-hydrogen) atoms. The van der Waals surface area contributed by atoms with Gasteiger partial charge in [-0.25, -0.2) is 4.79 Å². The third-order valence-corrected chi connectivity index (χ3v) is 2.87. The van der Waals surface area contributed by atoms with Gasteiger partial charge < -0.3 is 10.1 Å². The Morgan fingerprint density at radius 1 is 1.19 bits per heavy atom. The summed E-state index contributed by atoms with van der Waals surface area (Å²) in [5.41, 5.74) is 1.67. The lowest BCUT2D eigenvalue weighted by Gasteiger charge is -2.05. The van der Waals surface area contributed by atoms with Crippen molar-refractivity contribution in [1.29, 1.82) is 0 Å². The lowest BCUT2D eigenvalue weighted by molar-refractivity contribution is 0.0599. The van der Waals surface area contributed by atoms with Gasteiger partial charge in [0.2, 0.25) is 0 Å². The fraction of sp³-hybridized carbons (Fsp3) is 0.200. The van der Waals surface area contributed by atoms with Crippen LogP contribution in [0.15, 0.2) is 42.9 Å². The maximum absolute atomic E-state index is 11.9. The fourth-order valence-electron chi connectivity index (χ4n) is 1.73. The standard InChI is InChI=1S/C15H15N3O3/c1-21-15(20)12-2-3-13(18-10-12)14(19)17-9-6-11-4-7-16-8-5-11/h2-5,7-8,10H,6,9H2,1H3,(H,17,19). The predicted molar refractivity (Wildman–Crippen MR) is 75.9 cm³/mol. The molecular weight excluding hydrogens is 270 g/mol. The number of nitrogens with zero attached hydrogens (tertiary/aromatic N) is 2. The Bertz CT molecular complexity index is 612. The minimum absolute atomic E-state index is 0.261. The molecule has 2 rings (SSSR count). The number of esters is 1. The van der Waals surface area contributed by atoms with E-state index in [9.17, 15) is 9.59 Å². The van der Waals surface area contributed by atoms with Crippen molar-refractivity contribution in [2.24, 2.45) is 0 Å². The summed E-state index contributed by atoms with van der Waals surface area (Å²) >= 11 is 0. The number of hydrogen-bond donors (Lipinski definition) is 1. The molecule has 2 heterocycles.